The number of anilines is 1. The number of piperidine rings is 1. The number of fused-ring (bicyclic) bond motifs is 2. The number of amides is 2. The predicted octanol–water partition coefficient (Wildman–Crippen LogP) is 8.09. The lowest BCUT2D eigenvalue weighted by Gasteiger charge is -2.35. The van der Waals surface area contributed by atoms with Gasteiger partial charge >= 0.3 is 6.03 Å². The van der Waals surface area contributed by atoms with Gasteiger partial charge in [0.25, 0.3) is 0 Å². The van der Waals surface area contributed by atoms with Gasteiger partial charge < -0.3 is 30.9 Å². The normalized spacial score (nSPS) is 17.5. The van der Waals surface area contributed by atoms with Crippen LogP contribution in [0.5, 0.6) is 0 Å². The Bertz CT molecular complexity index is 2620. The molecule has 12 nitrogen and oxygen atoms in total. The number of allylic oxidation sites excluding steroid dienone is 1. The summed E-state index contributed by atoms with van der Waals surface area (Å²) in [5.74, 6) is 0.216. The van der Waals surface area contributed by atoms with Gasteiger partial charge in [0, 0.05) is 56.4 Å². The molecule has 1 fully saturated rings. The van der Waals surface area contributed by atoms with Crippen molar-refractivity contribution in [3.63, 3.8) is 0 Å². The van der Waals surface area contributed by atoms with Crippen LogP contribution in [0.1, 0.15) is 34.1 Å². The Labute approximate surface area is 354 Å². The van der Waals surface area contributed by atoms with Crippen molar-refractivity contribution in [2.45, 2.75) is 24.8 Å². The van der Waals surface area contributed by atoms with Crippen LogP contribution >= 0.6 is 34.9 Å². The van der Waals surface area contributed by atoms with Crippen molar-refractivity contribution >= 4 is 79.9 Å². The monoisotopic (exact) mass is 836 g/mol. The fourth-order valence-corrected chi connectivity index (χ4v) is 9.15. The Balaban J connectivity index is 0.931. The van der Waals surface area contributed by atoms with E-state index in [1.807, 2.05) is 42.6 Å². The number of ether oxygens (including phenoxy) is 1. The molecule has 1 aliphatic carbocycles. The minimum atomic E-state index is -0.327. The number of carbonyl (C=O) groups excluding carboxylic acids is 1. The van der Waals surface area contributed by atoms with Gasteiger partial charge in [0.15, 0.2) is 5.11 Å². The van der Waals surface area contributed by atoms with Crippen molar-refractivity contribution in [3.05, 3.63) is 135 Å². The Morgan fingerprint density at radius 3 is 2.56 bits per heavy atom. The summed E-state index contributed by atoms with van der Waals surface area (Å²) in [7, 11) is 1.59. The highest BCUT2D eigenvalue weighted by atomic mass is 32.1. The molecular formula is C44H40N10O2S3. The number of carbonyl (C=O) groups is 1. The first-order valence-corrected chi connectivity index (χ1v) is 21.5. The second kappa shape index (κ2) is 17.4. The molecule has 296 valence electrons. The van der Waals surface area contributed by atoms with E-state index in [0.717, 1.165) is 64.1 Å². The third-order valence-electron chi connectivity index (χ3n) is 10.3. The van der Waals surface area contributed by atoms with Crippen molar-refractivity contribution < 1.29 is 9.53 Å². The number of hydrogen-bond donors (Lipinski definition) is 4. The fraction of sp³-hybridized carbons (Fsp3) is 0.205. The van der Waals surface area contributed by atoms with Crippen LogP contribution in [0, 0.1) is 0 Å². The molecule has 0 radical (unpaired) electrons. The lowest BCUT2D eigenvalue weighted by molar-refractivity contribution is 0.198. The van der Waals surface area contributed by atoms with E-state index in [0.29, 0.717) is 57.8 Å². The van der Waals surface area contributed by atoms with Crippen LogP contribution in [0.15, 0.2) is 125 Å². The van der Waals surface area contributed by atoms with E-state index in [-0.39, 0.29) is 18.0 Å². The first-order valence-electron chi connectivity index (χ1n) is 19.4. The Morgan fingerprint density at radius 1 is 0.915 bits per heavy atom. The molecule has 15 heteroatoms. The maximum Gasteiger partial charge on any atom is 0.319 e. The van der Waals surface area contributed by atoms with E-state index in [2.05, 4.69) is 96.5 Å². The number of rotatable bonds is 10. The number of nitrogens with one attached hydrogen (secondary N) is 4. The number of methoxy groups -OCH3 is 1. The lowest BCUT2D eigenvalue weighted by Crippen LogP contribution is -2.45. The van der Waals surface area contributed by atoms with E-state index in [9.17, 15) is 4.79 Å². The standard InChI is InChI=1S/C44H40N10O2S3/c1-56-20-18-47-43(55)48-29-11-13-31-34(24-29)52-40(39(50-31)33-8-2-3-16-45-33)36-23-27(15-17-46-36)28-7-4-19-54(26-28)44(57)49-30-12-14-32-35(25-30)53-42(38-10-6-22-59-38)41(51-32)37-9-5-21-58-37/h2-3,5-6,8-17,21-25,28,35,53H,4,7,18-20,26H2,1H3,(H,49,57)(H2,47,48,55). The smallest absolute Gasteiger partial charge is 0.319 e. The first kappa shape index (κ1) is 38.4. The molecular weight excluding hydrogens is 797 g/mol. The van der Waals surface area contributed by atoms with Crippen LogP contribution in [0.2, 0.25) is 0 Å². The summed E-state index contributed by atoms with van der Waals surface area (Å²) in [6.07, 6.45) is 11.9. The topological polar surface area (TPSA) is 142 Å². The Hall–Kier alpha value is -6.13. The highest BCUT2D eigenvalue weighted by Gasteiger charge is 2.28. The van der Waals surface area contributed by atoms with Gasteiger partial charge in [-0.2, -0.15) is 0 Å². The number of pyridine rings is 2. The molecule has 0 saturated carbocycles. The zero-order valence-corrected chi connectivity index (χ0v) is 34.5. The molecule has 2 atom stereocenters. The second-order valence-corrected chi connectivity index (χ2v) is 16.5. The SMILES string of the molecule is COCCNC(=O)Nc1ccc2nc(-c3ccccn3)c(-c3cc(C4CCCN(C(=S)NC5=CC6NC(c7cccs7)=C(c7cccs7)N=C6C=C5)C4)ccn3)nc2c1. The third-order valence-corrected chi connectivity index (χ3v) is 12.4. The molecule has 2 amide bonds. The maximum absolute atomic E-state index is 12.5. The maximum atomic E-state index is 12.5. The Morgan fingerprint density at radius 2 is 1.75 bits per heavy atom. The highest BCUT2D eigenvalue weighted by molar-refractivity contribution is 7.80. The van der Waals surface area contributed by atoms with Crippen molar-refractivity contribution in [2.24, 2.45) is 4.99 Å². The number of nitrogens with zero attached hydrogens (tertiary/aromatic N) is 6. The van der Waals surface area contributed by atoms with Gasteiger partial charge in [-0.1, -0.05) is 18.2 Å². The summed E-state index contributed by atoms with van der Waals surface area (Å²) in [6, 6.07) is 23.4. The van der Waals surface area contributed by atoms with Crippen molar-refractivity contribution in [1.82, 2.24) is 40.8 Å². The van der Waals surface area contributed by atoms with Crippen LogP contribution in [0.4, 0.5) is 10.5 Å². The molecule has 1 saturated heterocycles. The molecule has 1 aromatic carbocycles. The molecule has 6 aromatic rings. The highest BCUT2D eigenvalue weighted by Crippen LogP contribution is 2.36. The van der Waals surface area contributed by atoms with Crippen LogP contribution in [-0.2, 0) is 4.74 Å². The summed E-state index contributed by atoms with van der Waals surface area (Å²) in [5.41, 5.74) is 9.59. The molecule has 7 heterocycles. The number of aromatic nitrogens is 4. The summed E-state index contributed by atoms with van der Waals surface area (Å²) in [6.45, 7) is 2.44. The molecule has 0 spiro atoms. The van der Waals surface area contributed by atoms with Crippen LogP contribution in [0.3, 0.4) is 0 Å². The molecule has 2 aliphatic heterocycles. The van der Waals surface area contributed by atoms with Crippen molar-refractivity contribution in [2.75, 3.05) is 38.7 Å². The summed E-state index contributed by atoms with van der Waals surface area (Å²) in [4.78, 5) is 41.7. The predicted molar refractivity (Wildman–Crippen MR) is 241 cm³/mol. The van der Waals surface area contributed by atoms with Gasteiger partial charge in [-0.3, -0.25) is 9.97 Å². The van der Waals surface area contributed by atoms with Crippen molar-refractivity contribution in [1.29, 1.82) is 0 Å². The minimum Gasteiger partial charge on any atom is -0.383 e. The van der Waals surface area contributed by atoms with Gasteiger partial charge in [0.1, 0.15) is 17.1 Å². The molecule has 0 bridgehead atoms. The number of hydrogen-bond acceptors (Lipinski definition) is 11. The minimum absolute atomic E-state index is 0.0851. The van der Waals surface area contributed by atoms with E-state index >= 15 is 0 Å². The van der Waals surface area contributed by atoms with E-state index in [1.165, 1.54) is 0 Å². The molecule has 4 N–H and O–H groups in total. The van der Waals surface area contributed by atoms with Gasteiger partial charge in [0.05, 0.1) is 56.2 Å². The van der Waals surface area contributed by atoms with Gasteiger partial charge in [-0.05, 0) is 114 Å². The quantitative estimate of drug-likeness (QED) is 0.0791. The van der Waals surface area contributed by atoms with Crippen LogP contribution < -0.4 is 21.3 Å². The third kappa shape index (κ3) is 8.54. The van der Waals surface area contributed by atoms with Crippen LogP contribution in [-0.4, -0.2) is 81.1 Å². The zero-order chi connectivity index (χ0) is 40.1. The number of benzene rings is 1. The van der Waals surface area contributed by atoms with Gasteiger partial charge in [-0.15, -0.1) is 22.7 Å². The summed E-state index contributed by atoms with van der Waals surface area (Å²) < 4.78 is 5.04. The first-order chi connectivity index (χ1) is 29.0. The molecule has 2 unspecified atom stereocenters. The lowest BCUT2D eigenvalue weighted by atomic mass is 9.90. The number of thiocarbonyl (C=S) groups is 1. The molecule has 59 heavy (non-hydrogen) atoms. The average molecular weight is 837 g/mol. The fourth-order valence-electron chi connectivity index (χ4n) is 7.41. The second-order valence-electron chi connectivity index (χ2n) is 14.2. The molecule has 5 aromatic heterocycles. The largest absolute Gasteiger partial charge is 0.383 e. The summed E-state index contributed by atoms with van der Waals surface area (Å²) in [5, 5.41) is 17.8. The van der Waals surface area contributed by atoms with Gasteiger partial charge in [0.2, 0.25) is 0 Å². The van der Waals surface area contributed by atoms with Gasteiger partial charge in [-0.25, -0.2) is 19.8 Å². The molecule has 9 rings (SSSR count). The number of thiophene rings is 2. The number of aliphatic imine (C=N–C) groups is 1. The zero-order valence-electron chi connectivity index (χ0n) is 32.1. The van der Waals surface area contributed by atoms with Crippen LogP contribution in [0.25, 0.3) is 45.2 Å². The number of likely N-dealkylation sites (tertiary alicyclic amines) is 1. The van der Waals surface area contributed by atoms with E-state index in [1.54, 1.807) is 36.0 Å². The summed E-state index contributed by atoms with van der Waals surface area (Å²) >= 11 is 9.46. The average Bonchev–Trinajstić information content (AvgIpc) is 4.02. The van der Waals surface area contributed by atoms with E-state index < -0.39 is 0 Å². The van der Waals surface area contributed by atoms with E-state index in [4.69, 9.17) is 36.9 Å². The van der Waals surface area contributed by atoms with Crippen molar-refractivity contribution in [3.8, 4) is 22.8 Å². The Kier molecular flexibility index (Phi) is 11.3. The number of urea groups is 1. The molecule has 3 aliphatic rings.